The van der Waals surface area contributed by atoms with Crippen molar-refractivity contribution in [3.8, 4) is 0 Å². The Balaban J connectivity index is 2.24. The molecule has 0 radical (unpaired) electrons. The van der Waals surface area contributed by atoms with E-state index in [0.29, 0.717) is 6.54 Å². The van der Waals surface area contributed by atoms with Gasteiger partial charge in [-0.1, -0.05) is 0 Å². The van der Waals surface area contributed by atoms with Gasteiger partial charge in [0, 0.05) is 6.54 Å². The first-order valence-electron chi connectivity index (χ1n) is 6.43. The van der Waals surface area contributed by atoms with Crippen molar-refractivity contribution in [3.63, 3.8) is 0 Å². The second-order valence-corrected chi connectivity index (χ2v) is 6.81. The summed E-state index contributed by atoms with van der Waals surface area (Å²) in [7, 11) is 0. The van der Waals surface area contributed by atoms with Crippen LogP contribution in [-0.4, -0.2) is 32.9 Å². The summed E-state index contributed by atoms with van der Waals surface area (Å²) in [4.78, 5) is 14.0. The molecular weight excluding hydrogens is 310 g/mol. The predicted molar refractivity (Wildman–Crippen MR) is 76.0 cm³/mol. The van der Waals surface area contributed by atoms with Crippen molar-refractivity contribution in [1.29, 1.82) is 0 Å². The SMILES string of the molecule is C[C@@H]1c2cc(Br)nn2[C@@H](C)CN1C(=O)OC(C)(C)C. The number of aromatic nitrogens is 2. The highest BCUT2D eigenvalue weighted by Gasteiger charge is 2.35. The van der Waals surface area contributed by atoms with Crippen LogP contribution in [0.3, 0.4) is 0 Å². The number of hydrogen-bond acceptors (Lipinski definition) is 3. The van der Waals surface area contributed by atoms with E-state index in [2.05, 4.69) is 21.0 Å². The highest BCUT2D eigenvalue weighted by Crippen LogP contribution is 2.32. The van der Waals surface area contributed by atoms with Crippen LogP contribution >= 0.6 is 15.9 Å². The smallest absolute Gasteiger partial charge is 0.410 e. The Bertz CT molecular complexity index is 493. The fraction of sp³-hybridized carbons (Fsp3) is 0.692. The molecule has 5 nitrogen and oxygen atoms in total. The Morgan fingerprint density at radius 1 is 1.47 bits per heavy atom. The predicted octanol–water partition coefficient (Wildman–Crippen LogP) is 3.52. The average molecular weight is 330 g/mol. The van der Waals surface area contributed by atoms with Gasteiger partial charge in [-0.25, -0.2) is 4.79 Å². The zero-order chi connectivity index (χ0) is 14.4. The van der Waals surface area contributed by atoms with Crippen LogP contribution in [0.2, 0.25) is 0 Å². The molecule has 2 atom stereocenters. The third-order valence-electron chi connectivity index (χ3n) is 3.14. The van der Waals surface area contributed by atoms with Crippen molar-refractivity contribution < 1.29 is 9.53 Å². The van der Waals surface area contributed by atoms with Gasteiger partial charge in [-0.15, -0.1) is 0 Å². The van der Waals surface area contributed by atoms with Crippen LogP contribution < -0.4 is 0 Å². The molecule has 0 unspecified atom stereocenters. The van der Waals surface area contributed by atoms with Gasteiger partial charge in [-0.2, -0.15) is 5.10 Å². The summed E-state index contributed by atoms with van der Waals surface area (Å²) in [5.41, 5.74) is 0.551. The summed E-state index contributed by atoms with van der Waals surface area (Å²) >= 11 is 3.39. The van der Waals surface area contributed by atoms with Crippen LogP contribution in [0.25, 0.3) is 0 Å². The molecule has 1 amide bonds. The number of ether oxygens (including phenoxy) is 1. The van der Waals surface area contributed by atoms with Crippen molar-refractivity contribution in [2.24, 2.45) is 0 Å². The highest BCUT2D eigenvalue weighted by atomic mass is 79.9. The van der Waals surface area contributed by atoms with Gasteiger partial charge in [0.05, 0.1) is 17.8 Å². The summed E-state index contributed by atoms with van der Waals surface area (Å²) in [6.45, 7) is 10.3. The van der Waals surface area contributed by atoms with E-state index in [1.165, 1.54) is 0 Å². The van der Waals surface area contributed by atoms with Gasteiger partial charge in [0.25, 0.3) is 0 Å². The molecular formula is C13H20BrN3O2. The first-order chi connectivity index (χ1) is 8.69. The third kappa shape index (κ3) is 2.94. The van der Waals surface area contributed by atoms with Crippen molar-refractivity contribution >= 4 is 22.0 Å². The zero-order valence-electron chi connectivity index (χ0n) is 12.0. The first-order valence-corrected chi connectivity index (χ1v) is 7.23. The van der Waals surface area contributed by atoms with E-state index >= 15 is 0 Å². The Morgan fingerprint density at radius 2 is 2.11 bits per heavy atom. The number of carbonyl (C=O) groups is 1. The number of amides is 1. The van der Waals surface area contributed by atoms with Crippen LogP contribution in [0.1, 0.15) is 52.4 Å². The molecule has 0 aromatic carbocycles. The van der Waals surface area contributed by atoms with E-state index in [0.717, 1.165) is 10.3 Å². The number of nitrogens with zero attached hydrogens (tertiary/aromatic N) is 3. The van der Waals surface area contributed by atoms with Gasteiger partial charge in [0.15, 0.2) is 0 Å². The molecule has 1 aromatic rings. The largest absolute Gasteiger partial charge is 0.444 e. The minimum absolute atomic E-state index is 0.0372. The molecule has 2 rings (SSSR count). The van der Waals surface area contributed by atoms with E-state index in [1.807, 2.05) is 45.4 Å². The molecule has 0 N–H and O–H groups in total. The molecule has 1 aliphatic rings. The molecule has 0 aliphatic carbocycles. The van der Waals surface area contributed by atoms with Gasteiger partial charge in [0.1, 0.15) is 10.2 Å². The molecule has 0 spiro atoms. The summed E-state index contributed by atoms with van der Waals surface area (Å²) in [5, 5.41) is 4.41. The van der Waals surface area contributed by atoms with E-state index < -0.39 is 5.60 Å². The molecule has 1 aromatic heterocycles. The summed E-state index contributed by atoms with van der Waals surface area (Å²) in [6.07, 6.45) is -0.268. The van der Waals surface area contributed by atoms with Crippen LogP contribution in [0.4, 0.5) is 4.79 Å². The van der Waals surface area contributed by atoms with Crippen LogP contribution in [0.5, 0.6) is 0 Å². The summed E-state index contributed by atoms with van der Waals surface area (Å²) < 4.78 is 8.23. The molecule has 0 bridgehead atoms. The van der Waals surface area contributed by atoms with E-state index in [9.17, 15) is 4.79 Å². The molecule has 0 saturated carbocycles. The number of rotatable bonds is 0. The van der Waals surface area contributed by atoms with Crippen molar-refractivity contribution in [1.82, 2.24) is 14.7 Å². The maximum atomic E-state index is 12.2. The normalized spacial score (nSPS) is 23.2. The number of carbonyl (C=O) groups excluding carboxylic acids is 1. The van der Waals surface area contributed by atoms with Gasteiger partial charge >= 0.3 is 6.09 Å². The van der Waals surface area contributed by atoms with Crippen molar-refractivity contribution in [2.45, 2.75) is 52.3 Å². The third-order valence-corrected chi connectivity index (χ3v) is 3.52. The maximum Gasteiger partial charge on any atom is 0.410 e. The Labute approximate surface area is 122 Å². The lowest BCUT2D eigenvalue weighted by Crippen LogP contribution is -2.45. The average Bonchev–Trinajstić information content (AvgIpc) is 2.63. The zero-order valence-corrected chi connectivity index (χ0v) is 13.6. The van der Waals surface area contributed by atoms with Crippen LogP contribution in [0.15, 0.2) is 10.7 Å². The summed E-state index contributed by atoms with van der Waals surface area (Å²) in [6, 6.07) is 2.06. The minimum atomic E-state index is -0.474. The Hall–Kier alpha value is -1.04. The number of halogens is 1. The second-order valence-electron chi connectivity index (χ2n) is 5.99. The van der Waals surface area contributed by atoms with E-state index in [-0.39, 0.29) is 18.2 Å². The molecule has 19 heavy (non-hydrogen) atoms. The maximum absolute atomic E-state index is 12.2. The minimum Gasteiger partial charge on any atom is -0.444 e. The lowest BCUT2D eigenvalue weighted by molar-refractivity contribution is 0.00864. The lowest BCUT2D eigenvalue weighted by Gasteiger charge is -2.38. The van der Waals surface area contributed by atoms with Gasteiger partial charge in [-0.3, -0.25) is 9.58 Å². The first kappa shape index (κ1) is 14.4. The van der Waals surface area contributed by atoms with Crippen LogP contribution in [-0.2, 0) is 4.74 Å². The van der Waals surface area contributed by atoms with Crippen molar-refractivity contribution in [3.05, 3.63) is 16.4 Å². The second kappa shape index (κ2) is 4.81. The number of fused-ring (bicyclic) bond motifs is 1. The monoisotopic (exact) mass is 329 g/mol. The molecule has 106 valence electrons. The fourth-order valence-corrected chi connectivity index (χ4v) is 2.68. The topological polar surface area (TPSA) is 47.4 Å². The van der Waals surface area contributed by atoms with E-state index in [1.54, 1.807) is 4.90 Å². The highest BCUT2D eigenvalue weighted by molar-refractivity contribution is 9.10. The summed E-state index contributed by atoms with van der Waals surface area (Å²) in [5.74, 6) is 0. The van der Waals surface area contributed by atoms with Crippen LogP contribution in [0, 0.1) is 0 Å². The van der Waals surface area contributed by atoms with Gasteiger partial charge in [-0.05, 0) is 56.6 Å². The molecule has 6 heteroatoms. The van der Waals surface area contributed by atoms with Crippen molar-refractivity contribution in [2.75, 3.05) is 6.54 Å². The molecule has 1 aliphatic heterocycles. The number of hydrogen-bond donors (Lipinski definition) is 0. The Morgan fingerprint density at radius 3 is 2.68 bits per heavy atom. The Kier molecular flexibility index (Phi) is 3.64. The van der Waals surface area contributed by atoms with Gasteiger partial charge < -0.3 is 4.74 Å². The molecule has 2 heterocycles. The van der Waals surface area contributed by atoms with Gasteiger partial charge in [0.2, 0.25) is 0 Å². The quantitative estimate of drug-likeness (QED) is 0.731. The molecule has 0 saturated heterocycles. The lowest BCUT2D eigenvalue weighted by atomic mass is 10.1. The molecule has 0 fully saturated rings. The van der Waals surface area contributed by atoms with E-state index in [4.69, 9.17) is 4.74 Å². The fourth-order valence-electron chi connectivity index (χ4n) is 2.28. The standard InChI is InChI=1S/C13H20BrN3O2/c1-8-7-16(12(18)19-13(3,4)5)9(2)10-6-11(14)15-17(8)10/h6,8-9H,7H2,1-5H3/t8-,9+/m0/s1.